The highest BCUT2D eigenvalue weighted by molar-refractivity contribution is 5.94. The second-order valence-electron chi connectivity index (χ2n) is 4.33. The first-order valence-corrected chi connectivity index (χ1v) is 6.13. The highest BCUT2D eigenvalue weighted by Gasteiger charge is 2.10. The molecule has 0 fully saturated rings. The summed E-state index contributed by atoms with van der Waals surface area (Å²) < 4.78 is 0. The van der Waals surface area contributed by atoms with E-state index in [1.165, 1.54) is 0 Å². The van der Waals surface area contributed by atoms with Crippen LogP contribution in [0.25, 0.3) is 0 Å². The number of hydrogen-bond donors (Lipinski definition) is 1. The predicted molar refractivity (Wildman–Crippen MR) is 76.7 cm³/mol. The number of terminal acetylenes is 1. The van der Waals surface area contributed by atoms with Crippen LogP contribution >= 0.6 is 0 Å². The minimum Gasteiger partial charge on any atom is -0.346 e. The molecule has 1 N–H and O–H groups in total. The van der Waals surface area contributed by atoms with Gasteiger partial charge in [-0.05, 0) is 36.8 Å². The van der Waals surface area contributed by atoms with Crippen LogP contribution in [0.2, 0.25) is 0 Å². The molecule has 0 saturated heterocycles. The molecule has 0 saturated carbocycles. The zero-order chi connectivity index (χ0) is 13.7. The molecule has 2 aromatic carbocycles. The minimum atomic E-state index is -0.0973. The average Bonchev–Trinajstić information content (AvgIpc) is 2.48. The lowest BCUT2D eigenvalue weighted by molar-refractivity contribution is 0.0940. The van der Waals surface area contributed by atoms with Crippen LogP contribution < -0.4 is 5.32 Å². The van der Waals surface area contributed by atoms with Gasteiger partial charge >= 0.3 is 0 Å². The van der Waals surface area contributed by atoms with E-state index < -0.39 is 0 Å². The van der Waals surface area contributed by atoms with Crippen LogP contribution in [0.3, 0.4) is 0 Å². The first kappa shape index (κ1) is 12.9. The second-order valence-corrected chi connectivity index (χ2v) is 4.33. The van der Waals surface area contributed by atoms with Crippen LogP contribution in [0.5, 0.6) is 0 Å². The monoisotopic (exact) mass is 249 g/mol. The fourth-order valence-electron chi connectivity index (χ4n) is 1.82. The average molecular weight is 249 g/mol. The summed E-state index contributed by atoms with van der Waals surface area (Å²) >= 11 is 0. The van der Waals surface area contributed by atoms with E-state index in [1.807, 2.05) is 37.3 Å². The molecule has 0 aliphatic heterocycles. The van der Waals surface area contributed by atoms with Crippen molar-refractivity contribution in [3.63, 3.8) is 0 Å². The van der Waals surface area contributed by atoms with Gasteiger partial charge in [0.25, 0.3) is 5.91 Å². The molecular weight excluding hydrogens is 234 g/mol. The van der Waals surface area contributed by atoms with Crippen LogP contribution in [-0.4, -0.2) is 5.91 Å². The maximum Gasteiger partial charge on any atom is 0.251 e. The van der Waals surface area contributed by atoms with E-state index in [4.69, 9.17) is 6.42 Å². The molecule has 0 aliphatic rings. The zero-order valence-electron chi connectivity index (χ0n) is 10.8. The van der Waals surface area contributed by atoms with Crippen molar-refractivity contribution in [2.75, 3.05) is 0 Å². The minimum absolute atomic E-state index is 0.0268. The number of amides is 1. The van der Waals surface area contributed by atoms with Crippen molar-refractivity contribution in [2.24, 2.45) is 0 Å². The van der Waals surface area contributed by atoms with E-state index in [-0.39, 0.29) is 11.9 Å². The van der Waals surface area contributed by atoms with Gasteiger partial charge in [0.1, 0.15) is 0 Å². The molecule has 0 unspecified atom stereocenters. The third kappa shape index (κ3) is 3.23. The third-order valence-corrected chi connectivity index (χ3v) is 2.96. The van der Waals surface area contributed by atoms with Gasteiger partial charge in [-0.25, -0.2) is 0 Å². The Bertz CT molecular complexity index is 593. The molecule has 0 spiro atoms. The van der Waals surface area contributed by atoms with E-state index in [9.17, 15) is 4.79 Å². The van der Waals surface area contributed by atoms with Gasteiger partial charge in [-0.15, -0.1) is 6.42 Å². The number of rotatable bonds is 3. The van der Waals surface area contributed by atoms with Gasteiger partial charge < -0.3 is 5.32 Å². The molecule has 2 aromatic rings. The van der Waals surface area contributed by atoms with E-state index in [0.29, 0.717) is 5.56 Å². The van der Waals surface area contributed by atoms with E-state index in [2.05, 4.69) is 11.2 Å². The van der Waals surface area contributed by atoms with Crippen molar-refractivity contribution in [1.82, 2.24) is 5.32 Å². The van der Waals surface area contributed by atoms with Crippen molar-refractivity contribution in [2.45, 2.75) is 13.0 Å². The highest BCUT2D eigenvalue weighted by Crippen LogP contribution is 2.12. The van der Waals surface area contributed by atoms with Gasteiger partial charge in [0, 0.05) is 11.1 Å². The summed E-state index contributed by atoms with van der Waals surface area (Å²) in [4.78, 5) is 12.1. The topological polar surface area (TPSA) is 29.1 Å². The quantitative estimate of drug-likeness (QED) is 0.832. The molecule has 1 amide bonds. The van der Waals surface area contributed by atoms with Crippen molar-refractivity contribution < 1.29 is 4.79 Å². The van der Waals surface area contributed by atoms with Crippen molar-refractivity contribution in [1.29, 1.82) is 0 Å². The van der Waals surface area contributed by atoms with Gasteiger partial charge in [-0.1, -0.05) is 36.3 Å². The van der Waals surface area contributed by atoms with E-state index in [1.54, 1.807) is 24.3 Å². The van der Waals surface area contributed by atoms with Gasteiger partial charge in [-0.2, -0.15) is 0 Å². The fourth-order valence-corrected chi connectivity index (χ4v) is 1.82. The smallest absolute Gasteiger partial charge is 0.251 e. The lowest BCUT2D eigenvalue weighted by Crippen LogP contribution is -2.26. The Morgan fingerprint density at radius 2 is 1.74 bits per heavy atom. The maximum atomic E-state index is 12.1. The molecule has 0 radical (unpaired) electrons. The summed E-state index contributed by atoms with van der Waals surface area (Å²) in [5, 5.41) is 2.96. The number of carbonyl (C=O) groups excluding carboxylic acids is 1. The molecule has 2 nitrogen and oxygen atoms in total. The molecule has 0 aromatic heterocycles. The van der Waals surface area contributed by atoms with Crippen molar-refractivity contribution in [3.05, 3.63) is 71.3 Å². The van der Waals surface area contributed by atoms with Crippen LogP contribution in [0, 0.1) is 12.3 Å². The number of benzene rings is 2. The molecule has 94 valence electrons. The summed E-state index contributed by atoms with van der Waals surface area (Å²) in [6.45, 7) is 1.96. The Morgan fingerprint density at radius 3 is 2.32 bits per heavy atom. The predicted octanol–water partition coefficient (Wildman–Crippen LogP) is 3.16. The van der Waals surface area contributed by atoms with E-state index in [0.717, 1.165) is 11.1 Å². The van der Waals surface area contributed by atoms with Gasteiger partial charge in [0.05, 0.1) is 6.04 Å². The molecule has 2 rings (SSSR count). The SMILES string of the molecule is C#Cc1ccc(C(=O)N[C@H](C)c2ccccc2)cc1. The molecule has 1 atom stereocenters. The summed E-state index contributed by atoms with van der Waals surface area (Å²) in [6.07, 6.45) is 5.28. The molecule has 0 aliphatic carbocycles. The van der Waals surface area contributed by atoms with E-state index >= 15 is 0 Å². The largest absolute Gasteiger partial charge is 0.346 e. The lowest BCUT2D eigenvalue weighted by atomic mass is 10.1. The maximum absolute atomic E-state index is 12.1. The lowest BCUT2D eigenvalue weighted by Gasteiger charge is -2.14. The Labute approximate surface area is 113 Å². The van der Waals surface area contributed by atoms with Crippen LogP contribution in [0.4, 0.5) is 0 Å². The third-order valence-electron chi connectivity index (χ3n) is 2.96. The Kier molecular flexibility index (Phi) is 4.00. The fraction of sp³-hybridized carbons (Fsp3) is 0.118. The van der Waals surface area contributed by atoms with Crippen molar-refractivity contribution >= 4 is 5.91 Å². The van der Waals surface area contributed by atoms with Gasteiger partial charge in [-0.3, -0.25) is 4.79 Å². The summed E-state index contributed by atoms with van der Waals surface area (Å²) in [6, 6.07) is 16.8. The second kappa shape index (κ2) is 5.88. The van der Waals surface area contributed by atoms with Crippen molar-refractivity contribution in [3.8, 4) is 12.3 Å². The molecule has 2 heteroatoms. The number of carbonyl (C=O) groups is 1. The first-order chi connectivity index (χ1) is 9.20. The normalized spacial score (nSPS) is 11.4. The Morgan fingerprint density at radius 1 is 1.11 bits per heavy atom. The van der Waals surface area contributed by atoms with Crippen LogP contribution in [0.15, 0.2) is 54.6 Å². The van der Waals surface area contributed by atoms with Crippen LogP contribution in [-0.2, 0) is 0 Å². The Balaban J connectivity index is 2.06. The standard InChI is InChI=1S/C17H15NO/c1-3-14-9-11-16(12-10-14)17(19)18-13(2)15-7-5-4-6-8-15/h1,4-13H,2H3,(H,18,19)/t13-/m1/s1. The van der Waals surface area contributed by atoms with Crippen LogP contribution in [0.1, 0.15) is 34.5 Å². The molecule has 0 bridgehead atoms. The van der Waals surface area contributed by atoms with Gasteiger partial charge in [0.2, 0.25) is 0 Å². The summed E-state index contributed by atoms with van der Waals surface area (Å²) in [5.74, 6) is 2.43. The summed E-state index contributed by atoms with van der Waals surface area (Å²) in [5.41, 5.74) is 2.46. The zero-order valence-corrected chi connectivity index (χ0v) is 10.8. The number of hydrogen-bond acceptors (Lipinski definition) is 1. The first-order valence-electron chi connectivity index (χ1n) is 6.13. The number of nitrogens with one attached hydrogen (secondary N) is 1. The van der Waals surface area contributed by atoms with Gasteiger partial charge in [0.15, 0.2) is 0 Å². The molecule has 0 heterocycles. The highest BCUT2D eigenvalue weighted by atomic mass is 16.1. The molecular formula is C17H15NO. The molecule has 19 heavy (non-hydrogen) atoms. The Hall–Kier alpha value is -2.53. The summed E-state index contributed by atoms with van der Waals surface area (Å²) in [7, 11) is 0.